The zero-order valence-electron chi connectivity index (χ0n) is 23.1. The molecule has 9 nitrogen and oxygen atoms in total. The molecule has 204 valence electrons. The monoisotopic (exact) mass is 527 g/mol. The average molecular weight is 528 g/mol. The largest absolute Gasteiger partial charge is 0.495 e. The standard InChI is InChI=1S/C30H37N7O2/c1-20-17-22-19-24(30(38)31-25(22)18-21(20)2)28(29-32-33-34-37(29)23-9-5-4-6-10-23)36-15-13-35(14-16-36)26-11-7-8-12-27(26)39-3/h7-8,11-12,17-19,23,28H,4-6,9-10,13-16H2,1-3H3,(H,31,38)/t28-/m1/s1. The summed E-state index contributed by atoms with van der Waals surface area (Å²) < 4.78 is 7.64. The number of methoxy groups -OCH3 is 1. The molecule has 39 heavy (non-hydrogen) atoms. The predicted molar refractivity (Wildman–Crippen MR) is 153 cm³/mol. The number of rotatable bonds is 6. The van der Waals surface area contributed by atoms with Crippen LogP contribution in [-0.4, -0.2) is 63.4 Å². The number of aromatic nitrogens is 5. The second-order valence-electron chi connectivity index (χ2n) is 10.9. The third-order valence-corrected chi connectivity index (χ3v) is 8.57. The van der Waals surface area contributed by atoms with Gasteiger partial charge in [0.2, 0.25) is 0 Å². The molecule has 2 fully saturated rings. The smallest absolute Gasteiger partial charge is 0.253 e. The van der Waals surface area contributed by atoms with Crippen LogP contribution in [0.1, 0.15) is 66.7 Å². The number of H-pyrrole nitrogens is 1. The topological polar surface area (TPSA) is 92.2 Å². The highest BCUT2D eigenvalue weighted by Gasteiger charge is 2.34. The van der Waals surface area contributed by atoms with Crippen LogP contribution in [0.2, 0.25) is 0 Å². The number of para-hydroxylation sites is 2. The van der Waals surface area contributed by atoms with Crippen molar-refractivity contribution in [2.75, 3.05) is 38.2 Å². The molecule has 1 saturated heterocycles. The van der Waals surface area contributed by atoms with Crippen molar-refractivity contribution in [2.24, 2.45) is 0 Å². The molecule has 2 aromatic heterocycles. The van der Waals surface area contributed by atoms with Crippen molar-refractivity contribution in [3.63, 3.8) is 0 Å². The van der Waals surface area contributed by atoms with E-state index in [0.717, 1.165) is 72.7 Å². The molecule has 3 heterocycles. The van der Waals surface area contributed by atoms with Gasteiger partial charge in [0.1, 0.15) is 11.8 Å². The van der Waals surface area contributed by atoms with Crippen LogP contribution in [0.25, 0.3) is 10.9 Å². The number of fused-ring (bicyclic) bond motifs is 1. The number of tetrazole rings is 1. The number of aryl methyl sites for hydroxylation is 2. The maximum Gasteiger partial charge on any atom is 0.253 e. The Morgan fingerprint density at radius 3 is 2.49 bits per heavy atom. The van der Waals surface area contributed by atoms with Crippen molar-refractivity contribution in [3.05, 3.63) is 75.3 Å². The lowest BCUT2D eigenvalue weighted by atomic mass is 9.95. The number of pyridine rings is 1. The molecular weight excluding hydrogens is 490 g/mol. The Bertz CT molecular complexity index is 1510. The molecule has 1 N–H and O–H groups in total. The van der Waals surface area contributed by atoms with Gasteiger partial charge in [-0.2, -0.15) is 0 Å². The van der Waals surface area contributed by atoms with Crippen molar-refractivity contribution in [1.82, 2.24) is 30.1 Å². The van der Waals surface area contributed by atoms with Crippen molar-refractivity contribution < 1.29 is 4.74 Å². The molecule has 0 bridgehead atoms. The highest BCUT2D eigenvalue weighted by molar-refractivity contribution is 5.81. The number of hydrogen-bond acceptors (Lipinski definition) is 7. The van der Waals surface area contributed by atoms with Crippen LogP contribution in [0.15, 0.2) is 47.3 Å². The van der Waals surface area contributed by atoms with E-state index in [-0.39, 0.29) is 17.6 Å². The van der Waals surface area contributed by atoms with E-state index >= 15 is 0 Å². The van der Waals surface area contributed by atoms with Gasteiger partial charge in [-0.15, -0.1) is 5.10 Å². The van der Waals surface area contributed by atoms with Crippen molar-refractivity contribution in [1.29, 1.82) is 0 Å². The highest BCUT2D eigenvalue weighted by Crippen LogP contribution is 2.35. The molecule has 1 atom stereocenters. The summed E-state index contributed by atoms with van der Waals surface area (Å²) in [6.45, 7) is 7.34. The first-order chi connectivity index (χ1) is 19.0. The Morgan fingerprint density at radius 1 is 0.974 bits per heavy atom. The maximum atomic E-state index is 13.7. The lowest BCUT2D eigenvalue weighted by molar-refractivity contribution is 0.192. The van der Waals surface area contributed by atoms with Gasteiger partial charge in [0, 0.05) is 37.3 Å². The molecule has 0 spiro atoms. The first-order valence-corrected chi connectivity index (χ1v) is 14.1. The third kappa shape index (κ3) is 4.91. The molecule has 2 aliphatic rings. The zero-order chi connectivity index (χ0) is 26.9. The summed E-state index contributed by atoms with van der Waals surface area (Å²) in [5, 5.41) is 14.2. The fourth-order valence-corrected chi connectivity index (χ4v) is 6.27. The van der Waals surface area contributed by atoms with Gasteiger partial charge < -0.3 is 14.6 Å². The minimum absolute atomic E-state index is 0.0823. The second-order valence-corrected chi connectivity index (χ2v) is 10.9. The van der Waals surface area contributed by atoms with Gasteiger partial charge in [0.25, 0.3) is 5.56 Å². The summed E-state index contributed by atoms with van der Waals surface area (Å²) in [5.74, 6) is 1.64. The van der Waals surface area contributed by atoms with Crippen LogP contribution in [0.4, 0.5) is 5.69 Å². The minimum atomic E-state index is -0.337. The van der Waals surface area contributed by atoms with E-state index in [1.165, 1.54) is 24.8 Å². The van der Waals surface area contributed by atoms with Crippen LogP contribution in [-0.2, 0) is 0 Å². The normalized spacial score (nSPS) is 18.0. The molecule has 1 aliphatic carbocycles. The van der Waals surface area contributed by atoms with E-state index < -0.39 is 0 Å². The molecule has 0 amide bonds. The molecular formula is C30H37N7O2. The fraction of sp³-hybridized carbons (Fsp3) is 0.467. The molecule has 4 aromatic rings. The van der Waals surface area contributed by atoms with E-state index in [1.807, 2.05) is 22.9 Å². The van der Waals surface area contributed by atoms with Gasteiger partial charge in [-0.05, 0) is 84.0 Å². The number of nitrogens with one attached hydrogen (secondary N) is 1. The zero-order valence-corrected chi connectivity index (χ0v) is 23.1. The third-order valence-electron chi connectivity index (χ3n) is 8.57. The number of ether oxygens (including phenoxy) is 1. The minimum Gasteiger partial charge on any atom is -0.495 e. The first kappa shape index (κ1) is 25.6. The van der Waals surface area contributed by atoms with Gasteiger partial charge in [-0.25, -0.2) is 4.68 Å². The molecule has 0 unspecified atom stereocenters. The Morgan fingerprint density at radius 2 is 1.72 bits per heavy atom. The average Bonchev–Trinajstić information content (AvgIpc) is 3.45. The number of anilines is 1. The van der Waals surface area contributed by atoms with E-state index in [1.54, 1.807) is 7.11 Å². The van der Waals surface area contributed by atoms with E-state index in [9.17, 15) is 4.79 Å². The molecule has 6 rings (SSSR count). The van der Waals surface area contributed by atoms with E-state index in [0.29, 0.717) is 5.56 Å². The van der Waals surface area contributed by atoms with Gasteiger partial charge in [0.15, 0.2) is 5.82 Å². The fourth-order valence-electron chi connectivity index (χ4n) is 6.27. The Labute approximate surface area is 228 Å². The predicted octanol–water partition coefficient (Wildman–Crippen LogP) is 4.56. The summed E-state index contributed by atoms with van der Waals surface area (Å²) >= 11 is 0. The van der Waals surface area contributed by atoms with Crippen molar-refractivity contribution in [2.45, 2.75) is 58.0 Å². The Hall–Kier alpha value is -3.72. The Kier molecular flexibility index (Phi) is 7.08. The van der Waals surface area contributed by atoms with E-state index in [2.05, 4.69) is 68.4 Å². The summed E-state index contributed by atoms with van der Waals surface area (Å²) in [7, 11) is 1.71. The molecule has 9 heteroatoms. The number of nitrogens with zero attached hydrogens (tertiary/aromatic N) is 6. The number of aromatic amines is 1. The quantitative estimate of drug-likeness (QED) is 0.393. The first-order valence-electron chi connectivity index (χ1n) is 14.1. The van der Waals surface area contributed by atoms with Crippen molar-refractivity contribution >= 4 is 16.6 Å². The SMILES string of the molecule is COc1ccccc1N1CCN([C@H](c2cc3cc(C)c(C)cc3[nH]c2=O)c2nnnn2C2CCCCC2)CC1. The molecule has 2 aromatic carbocycles. The summed E-state index contributed by atoms with van der Waals surface area (Å²) in [5.41, 5.74) is 4.94. The Balaban J connectivity index is 1.39. The maximum absolute atomic E-state index is 13.7. The van der Waals surface area contributed by atoms with Crippen LogP contribution in [0, 0.1) is 13.8 Å². The lowest BCUT2D eigenvalue weighted by Crippen LogP contribution is -2.49. The van der Waals surface area contributed by atoms with Crippen LogP contribution in [0.5, 0.6) is 5.75 Å². The van der Waals surface area contributed by atoms with E-state index in [4.69, 9.17) is 4.74 Å². The molecule has 1 aliphatic heterocycles. The van der Waals surface area contributed by atoms with Crippen LogP contribution < -0.4 is 15.2 Å². The van der Waals surface area contributed by atoms with Gasteiger partial charge >= 0.3 is 0 Å². The summed E-state index contributed by atoms with van der Waals surface area (Å²) in [6, 6.07) is 14.3. The number of piperazine rings is 1. The molecule has 0 radical (unpaired) electrons. The number of benzene rings is 2. The lowest BCUT2D eigenvalue weighted by Gasteiger charge is -2.40. The summed E-state index contributed by atoms with van der Waals surface area (Å²) in [4.78, 5) is 21.6. The molecule has 1 saturated carbocycles. The number of hydrogen-bond donors (Lipinski definition) is 1. The van der Waals surface area contributed by atoms with Crippen LogP contribution >= 0.6 is 0 Å². The van der Waals surface area contributed by atoms with Crippen molar-refractivity contribution in [3.8, 4) is 5.75 Å². The second kappa shape index (κ2) is 10.8. The van der Waals surface area contributed by atoms with Crippen LogP contribution in [0.3, 0.4) is 0 Å². The van der Waals surface area contributed by atoms with Gasteiger partial charge in [-0.3, -0.25) is 9.69 Å². The highest BCUT2D eigenvalue weighted by atomic mass is 16.5. The van der Waals surface area contributed by atoms with Gasteiger partial charge in [-0.1, -0.05) is 31.4 Å². The van der Waals surface area contributed by atoms with Gasteiger partial charge in [0.05, 0.1) is 18.8 Å². The summed E-state index contributed by atoms with van der Waals surface area (Å²) in [6.07, 6.45) is 5.76.